The Labute approximate surface area is 231 Å². The van der Waals surface area contributed by atoms with E-state index in [1.807, 2.05) is 52.8 Å². The molecule has 0 saturated heterocycles. The Kier molecular flexibility index (Phi) is 8.65. The molecular weight excluding hydrogens is 513 g/mol. The molecule has 1 aromatic heterocycles. The zero-order chi connectivity index (χ0) is 28.3. The van der Waals surface area contributed by atoms with E-state index < -0.39 is 5.25 Å². The van der Waals surface area contributed by atoms with Gasteiger partial charge in [-0.3, -0.25) is 19.0 Å². The molecule has 0 radical (unpaired) electrons. The zero-order valence-corrected chi connectivity index (χ0v) is 23.6. The Morgan fingerprint density at radius 3 is 2.31 bits per heavy atom. The van der Waals surface area contributed by atoms with Crippen molar-refractivity contribution in [1.82, 2.24) is 14.9 Å². The summed E-state index contributed by atoms with van der Waals surface area (Å²) in [6, 6.07) is 16.4. The van der Waals surface area contributed by atoms with Crippen LogP contribution in [-0.2, 0) is 13.1 Å². The number of Topliss-reactive ketones (excluding diaryl/α,β-unsaturated/α-hetero) is 1. The molecule has 1 N–H and O–H groups in total. The van der Waals surface area contributed by atoms with Gasteiger partial charge in [0, 0.05) is 24.2 Å². The van der Waals surface area contributed by atoms with Gasteiger partial charge in [0.25, 0.3) is 11.5 Å². The minimum absolute atomic E-state index is 0.0394. The first-order valence-corrected chi connectivity index (χ1v) is 13.8. The van der Waals surface area contributed by atoms with Gasteiger partial charge in [0.05, 0.1) is 16.2 Å². The summed E-state index contributed by atoms with van der Waals surface area (Å²) in [4.78, 5) is 44.3. The van der Waals surface area contributed by atoms with Crippen LogP contribution in [0.5, 0.6) is 0 Å². The van der Waals surface area contributed by atoms with Crippen LogP contribution >= 0.6 is 11.8 Å². The lowest BCUT2D eigenvalue weighted by Crippen LogP contribution is -2.27. The molecule has 39 heavy (non-hydrogen) atoms. The normalized spacial score (nSPS) is 12.1. The van der Waals surface area contributed by atoms with Crippen LogP contribution in [-0.4, -0.2) is 26.5 Å². The highest BCUT2D eigenvalue weighted by atomic mass is 32.2. The van der Waals surface area contributed by atoms with Crippen molar-refractivity contribution < 1.29 is 14.0 Å². The van der Waals surface area contributed by atoms with E-state index in [1.54, 1.807) is 34.9 Å². The van der Waals surface area contributed by atoms with Crippen LogP contribution in [0.15, 0.2) is 70.6 Å². The van der Waals surface area contributed by atoms with E-state index in [0.29, 0.717) is 33.7 Å². The number of carbonyl (C=O) groups excluding carboxylic acids is 2. The number of nitrogens with one attached hydrogen (secondary N) is 1. The number of thioether (sulfide) groups is 1. The quantitative estimate of drug-likeness (QED) is 0.156. The van der Waals surface area contributed by atoms with Crippen molar-refractivity contribution in [1.29, 1.82) is 0 Å². The number of fused-ring (bicyclic) bond motifs is 1. The first-order valence-electron chi connectivity index (χ1n) is 12.9. The number of aryl methyl sites for hydroxylation is 2. The molecule has 4 rings (SSSR count). The Morgan fingerprint density at radius 1 is 0.949 bits per heavy atom. The third-order valence-corrected chi connectivity index (χ3v) is 7.63. The third kappa shape index (κ3) is 6.63. The molecule has 0 aliphatic carbocycles. The number of benzene rings is 3. The highest BCUT2D eigenvalue weighted by Crippen LogP contribution is 2.26. The maximum atomic E-state index is 13.5. The van der Waals surface area contributed by atoms with Crippen molar-refractivity contribution in [3.8, 4) is 0 Å². The van der Waals surface area contributed by atoms with Crippen molar-refractivity contribution >= 4 is 34.4 Å². The van der Waals surface area contributed by atoms with E-state index >= 15 is 0 Å². The second kappa shape index (κ2) is 11.9. The second-order valence-electron chi connectivity index (χ2n) is 10.2. The van der Waals surface area contributed by atoms with E-state index in [1.165, 1.54) is 23.9 Å². The predicted octanol–water partition coefficient (Wildman–Crippen LogP) is 6.10. The summed E-state index contributed by atoms with van der Waals surface area (Å²) in [5.74, 6) is -0.527. The van der Waals surface area contributed by atoms with Gasteiger partial charge in [-0.2, -0.15) is 0 Å². The molecule has 6 nitrogen and oxygen atoms in total. The minimum Gasteiger partial charge on any atom is -0.348 e. The van der Waals surface area contributed by atoms with Crippen LogP contribution in [0.1, 0.15) is 58.2 Å². The summed E-state index contributed by atoms with van der Waals surface area (Å²) < 4.78 is 14.8. The molecule has 202 valence electrons. The average Bonchev–Trinajstić information content (AvgIpc) is 2.91. The van der Waals surface area contributed by atoms with Crippen LogP contribution in [0.4, 0.5) is 4.39 Å². The SMILES string of the molecule is Cc1ccc(C(=O)[C@@H](C)Sc2nc3cc(C(=O)NCc4ccc(F)cc4)ccc3c(=O)n2CC(C)C)cc1C. The molecule has 8 heteroatoms. The fourth-order valence-electron chi connectivity index (χ4n) is 4.19. The van der Waals surface area contributed by atoms with Gasteiger partial charge in [-0.1, -0.05) is 49.9 Å². The van der Waals surface area contributed by atoms with Crippen LogP contribution in [0.2, 0.25) is 0 Å². The van der Waals surface area contributed by atoms with E-state index in [4.69, 9.17) is 4.98 Å². The third-order valence-electron chi connectivity index (χ3n) is 6.54. The molecule has 0 saturated carbocycles. The summed E-state index contributed by atoms with van der Waals surface area (Å²) in [6.07, 6.45) is 0. The van der Waals surface area contributed by atoms with Gasteiger partial charge in [0.2, 0.25) is 0 Å². The lowest BCUT2D eigenvalue weighted by molar-refractivity contribution is 0.0949. The lowest BCUT2D eigenvalue weighted by Gasteiger charge is -2.18. The van der Waals surface area contributed by atoms with Gasteiger partial charge in [-0.05, 0) is 79.8 Å². The number of rotatable bonds is 9. The molecule has 3 aromatic carbocycles. The topological polar surface area (TPSA) is 81.1 Å². The zero-order valence-electron chi connectivity index (χ0n) is 22.7. The number of halogens is 1. The van der Waals surface area contributed by atoms with Gasteiger partial charge >= 0.3 is 0 Å². The van der Waals surface area contributed by atoms with Crippen molar-refractivity contribution in [3.63, 3.8) is 0 Å². The molecular formula is C31H32FN3O3S. The van der Waals surface area contributed by atoms with Gasteiger partial charge in [0.1, 0.15) is 5.82 Å². The number of hydrogen-bond acceptors (Lipinski definition) is 5. The summed E-state index contributed by atoms with van der Waals surface area (Å²) in [5.41, 5.74) is 4.09. The molecule has 1 atom stereocenters. The van der Waals surface area contributed by atoms with Crippen LogP contribution in [0, 0.1) is 25.6 Å². The predicted molar refractivity (Wildman–Crippen MR) is 154 cm³/mol. The minimum atomic E-state index is -0.475. The van der Waals surface area contributed by atoms with Gasteiger partial charge in [0.15, 0.2) is 10.9 Å². The average molecular weight is 546 g/mol. The van der Waals surface area contributed by atoms with Crippen molar-refractivity contribution in [3.05, 3.63) is 105 Å². The molecule has 0 aliphatic rings. The van der Waals surface area contributed by atoms with E-state index in [2.05, 4.69) is 5.32 Å². The monoisotopic (exact) mass is 545 g/mol. The Morgan fingerprint density at radius 2 is 1.64 bits per heavy atom. The van der Waals surface area contributed by atoms with E-state index in [0.717, 1.165) is 16.7 Å². The van der Waals surface area contributed by atoms with Gasteiger partial charge in [-0.25, -0.2) is 9.37 Å². The first-order chi connectivity index (χ1) is 18.5. The number of hydrogen-bond donors (Lipinski definition) is 1. The number of aromatic nitrogens is 2. The van der Waals surface area contributed by atoms with Crippen molar-refractivity contribution in [2.45, 2.75) is 58.1 Å². The molecule has 0 unspecified atom stereocenters. The number of ketones is 1. The van der Waals surface area contributed by atoms with Gasteiger partial charge < -0.3 is 5.32 Å². The Hall–Kier alpha value is -3.78. The van der Waals surface area contributed by atoms with E-state index in [-0.39, 0.29) is 35.5 Å². The molecule has 0 bridgehead atoms. The molecule has 0 fully saturated rings. The van der Waals surface area contributed by atoms with E-state index in [9.17, 15) is 18.8 Å². The molecule has 1 heterocycles. The summed E-state index contributed by atoms with van der Waals surface area (Å²) >= 11 is 1.25. The summed E-state index contributed by atoms with van der Waals surface area (Å²) in [7, 11) is 0. The summed E-state index contributed by atoms with van der Waals surface area (Å²) in [6.45, 7) is 10.5. The highest BCUT2D eigenvalue weighted by Gasteiger charge is 2.22. The molecule has 4 aromatic rings. The smallest absolute Gasteiger partial charge is 0.262 e. The fourth-order valence-corrected chi connectivity index (χ4v) is 5.18. The Balaban J connectivity index is 1.64. The first kappa shape index (κ1) is 28.2. The largest absolute Gasteiger partial charge is 0.348 e. The maximum Gasteiger partial charge on any atom is 0.262 e. The van der Waals surface area contributed by atoms with Crippen molar-refractivity contribution in [2.75, 3.05) is 0 Å². The molecule has 0 aliphatic heterocycles. The van der Waals surface area contributed by atoms with Gasteiger partial charge in [-0.15, -0.1) is 0 Å². The maximum absolute atomic E-state index is 13.5. The summed E-state index contributed by atoms with van der Waals surface area (Å²) in [5, 5.41) is 3.19. The standard InChI is InChI=1S/C31H32FN3O3S/c1-18(2)17-35-30(38)26-13-10-24(29(37)33-16-22-7-11-25(32)12-8-22)15-27(26)34-31(35)39-21(5)28(36)23-9-6-19(3)20(4)14-23/h6-15,18,21H,16-17H2,1-5H3,(H,33,37)/t21-/m1/s1. The molecule has 1 amide bonds. The lowest BCUT2D eigenvalue weighted by atomic mass is 10.0. The number of carbonyl (C=O) groups is 2. The fraction of sp³-hybridized carbons (Fsp3) is 0.290. The number of nitrogens with zero attached hydrogens (tertiary/aromatic N) is 2. The molecule has 0 spiro atoms. The van der Waals surface area contributed by atoms with Crippen LogP contribution in [0.25, 0.3) is 10.9 Å². The van der Waals surface area contributed by atoms with Crippen molar-refractivity contribution in [2.24, 2.45) is 5.92 Å². The Bertz CT molecular complexity index is 1600. The van der Waals surface area contributed by atoms with Crippen LogP contribution in [0.3, 0.4) is 0 Å². The highest BCUT2D eigenvalue weighted by molar-refractivity contribution is 8.00. The number of amides is 1. The second-order valence-corrected chi connectivity index (χ2v) is 11.5. The van der Waals surface area contributed by atoms with Crippen LogP contribution < -0.4 is 10.9 Å².